The molecule has 0 amide bonds. The van der Waals surface area contributed by atoms with E-state index in [2.05, 4.69) is 38.2 Å². The summed E-state index contributed by atoms with van der Waals surface area (Å²) in [6, 6.07) is 0. The molecule has 5 rings (SSSR count). The van der Waals surface area contributed by atoms with E-state index in [0.717, 1.165) is 22.9 Å². The summed E-state index contributed by atoms with van der Waals surface area (Å²) in [5, 5.41) is 0. The number of morpholine rings is 1. The van der Waals surface area contributed by atoms with Crippen molar-refractivity contribution >= 4 is 49.3 Å². The summed E-state index contributed by atoms with van der Waals surface area (Å²) in [5.41, 5.74) is 7.82. The summed E-state index contributed by atoms with van der Waals surface area (Å²) in [5.74, 6) is 2.55. The third-order valence-corrected chi connectivity index (χ3v) is 7.64. The fourth-order valence-corrected chi connectivity index (χ4v) is 5.37. The number of nitrogens with two attached hydrogens (primary N) is 1. The first-order valence-corrected chi connectivity index (χ1v) is 16.0. The van der Waals surface area contributed by atoms with Crippen LogP contribution < -0.4 is 15.5 Å². The zero-order valence-electron chi connectivity index (χ0n) is 23.0. The standard InChI is InChI=1S/C22H32N10O3S.H2O4S/c1-15(2)14-32-20-17(26-22(32)30-4-6-31(7-5-30)36(3,33)34)19(29-8-10-35-11-9-29)27-18(28-20)16-12-24-21(23)25-13-16;1-5(2,3)4/h12-13,15H,4-11,14H2,1-3H3,(H2,23,24,25);(H2,1,2,3,4). The smallest absolute Gasteiger partial charge is 0.378 e. The van der Waals surface area contributed by atoms with Gasteiger partial charge in [-0.3, -0.25) is 13.7 Å². The van der Waals surface area contributed by atoms with E-state index in [1.165, 1.54) is 10.6 Å². The van der Waals surface area contributed by atoms with Crippen LogP contribution in [0, 0.1) is 5.92 Å². The van der Waals surface area contributed by atoms with E-state index in [4.69, 9.17) is 42.9 Å². The van der Waals surface area contributed by atoms with Gasteiger partial charge in [-0.2, -0.15) is 12.7 Å². The van der Waals surface area contributed by atoms with Crippen LogP contribution in [0.15, 0.2) is 12.4 Å². The molecule has 0 saturated carbocycles. The van der Waals surface area contributed by atoms with E-state index in [1.807, 2.05) is 0 Å². The molecule has 3 aromatic heterocycles. The lowest BCUT2D eigenvalue weighted by molar-refractivity contribution is 0.122. The molecular formula is C22H34N10O7S2. The molecule has 0 atom stereocenters. The first-order valence-electron chi connectivity index (χ1n) is 12.8. The summed E-state index contributed by atoms with van der Waals surface area (Å²) in [7, 11) is -7.89. The first kappa shape index (κ1) is 30.7. The number of anilines is 3. The molecule has 0 aliphatic carbocycles. The molecule has 17 nitrogen and oxygen atoms in total. The zero-order valence-corrected chi connectivity index (χ0v) is 24.6. The molecule has 0 aromatic carbocycles. The number of sulfonamides is 1. The Balaban J connectivity index is 0.000000714. The van der Waals surface area contributed by atoms with Crippen LogP contribution in [0.1, 0.15) is 13.8 Å². The Labute approximate surface area is 238 Å². The monoisotopic (exact) mass is 614 g/mol. The molecule has 2 fully saturated rings. The maximum atomic E-state index is 12.0. The highest BCUT2D eigenvalue weighted by Crippen LogP contribution is 2.32. The molecular weight excluding hydrogens is 580 g/mol. The fourth-order valence-electron chi connectivity index (χ4n) is 4.55. The number of imidazole rings is 1. The summed E-state index contributed by atoms with van der Waals surface area (Å²) < 4.78 is 64.9. The average molecular weight is 615 g/mol. The van der Waals surface area contributed by atoms with Gasteiger partial charge in [-0.15, -0.1) is 0 Å². The van der Waals surface area contributed by atoms with Gasteiger partial charge in [0.1, 0.15) is 0 Å². The number of fused-ring (bicyclic) bond motifs is 1. The van der Waals surface area contributed by atoms with Crippen molar-refractivity contribution in [3.05, 3.63) is 12.4 Å². The topological polar surface area (TPSA) is 223 Å². The Kier molecular flexibility index (Phi) is 9.24. The van der Waals surface area contributed by atoms with Crippen LogP contribution in [0.5, 0.6) is 0 Å². The molecule has 0 radical (unpaired) electrons. The Bertz CT molecular complexity index is 1560. The highest BCUT2D eigenvalue weighted by molar-refractivity contribution is 7.88. The van der Waals surface area contributed by atoms with Crippen molar-refractivity contribution in [1.29, 1.82) is 0 Å². The minimum Gasteiger partial charge on any atom is -0.378 e. The lowest BCUT2D eigenvalue weighted by Gasteiger charge is -2.34. The van der Waals surface area contributed by atoms with Crippen molar-refractivity contribution in [1.82, 2.24) is 33.8 Å². The van der Waals surface area contributed by atoms with Crippen molar-refractivity contribution in [2.75, 3.05) is 74.3 Å². The number of hydrogen-bond donors (Lipinski definition) is 3. The highest BCUT2D eigenvalue weighted by Gasteiger charge is 2.29. The quantitative estimate of drug-likeness (QED) is 0.305. The SMILES string of the molecule is CC(C)Cn1c(N2CCN(S(C)(=O)=O)CC2)nc2c(N3CCOCC3)nc(-c3cnc(N)nc3)nc21.O=S(=O)(O)O. The Morgan fingerprint density at radius 1 is 0.927 bits per heavy atom. The third kappa shape index (κ3) is 7.95. The number of hydrogen-bond acceptors (Lipinski definition) is 13. The summed E-state index contributed by atoms with van der Waals surface area (Å²) in [4.78, 5) is 27.5. The van der Waals surface area contributed by atoms with E-state index in [1.54, 1.807) is 12.4 Å². The first-order chi connectivity index (χ1) is 19.2. The van der Waals surface area contributed by atoms with Gasteiger partial charge < -0.3 is 20.3 Å². The third-order valence-electron chi connectivity index (χ3n) is 6.33. The van der Waals surface area contributed by atoms with Crippen LogP contribution >= 0.6 is 0 Å². The van der Waals surface area contributed by atoms with Crippen molar-refractivity contribution in [2.24, 2.45) is 5.92 Å². The fraction of sp³-hybridized carbons (Fsp3) is 0.591. The summed E-state index contributed by atoms with van der Waals surface area (Å²) >= 11 is 0. The number of nitrogen functional groups attached to an aromatic ring is 1. The molecule has 19 heteroatoms. The van der Waals surface area contributed by atoms with Crippen LogP contribution in [-0.2, 0) is 31.7 Å². The molecule has 2 saturated heterocycles. The molecule has 2 aliphatic rings. The van der Waals surface area contributed by atoms with Gasteiger partial charge in [-0.05, 0) is 5.92 Å². The number of ether oxygens (including phenoxy) is 1. The van der Waals surface area contributed by atoms with E-state index in [-0.39, 0.29) is 5.95 Å². The summed E-state index contributed by atoms with van der Waals surface area (Å²) in [6.45, 7) is 9.55. The van der Waals surface area contributed by atoms with Crippen LogP contribution in [0.3, 0.4) is 0 Å². The summed E-state index contributed by atoms with van der Waals surface area (Å²) in [6.07, 6.45) is 4.51. The van der Waals surface area contributed by atoms with E-state index >= 15 is 0 Å². The Morgan fingerprint density at radius 3 is 2.05 bits per heavy atom. The van der Waals surface area contributed by atoms with Crippen molar-refractivity contribution in [2.45, 2.75) is 20.4 Å². The van der Waals surface area contributed by atoms with Crippen LogP contribution in [0.4, 0.5) is 17.7 Å². The molecule has 2 aliphatic heterocycles. The van der Waals surface area contributed by atoms with Crippen LogP contribution in [-0.4, -0.2) is 118 Å². The van der Waals surface area contributed by atoms with Gasteiger partial charge in [-0.1, -0.05) is 13.8 Å². The predicted octanol–water partition coefficient (Wildman–Crippen LogP) is -0.213. The largest absolute Gasteiger partial charge is 0.394 e. The van der Waals surface area contributed by atoms with Gasteiger partial charge in [0.2, 0.25) is 21.9 Å². The molecule has 0 spiro atoms. The number of rotatable bonds is 6. The molecule has 0 unspecified atom stereocenters. The van der Waals surface area contributed by atoms with Crippen molar-refractivity contribution in [3.8, 4) is 11.4 Å². The highest BCUT2D eigenvalue weighted by atomic mass is 32.3. The molecule has 5 heterocycles. The molecule has 226 valence electrons. The maximum Gasteiger partial charge on any atom is 0.394 e. The molecule has 0 bridgehead atoms. The maximum absolute atomic E-state index is 12.0. The second kappa shape index (κ2) is 12.3. The van der Waals surface area contributed by atoms with Crippen LogP contribution in [0.25, 0.3) is 22.6 Å². The van der Waals surface area contributed by atoms with Crippen LogP contribution in [0.2, 0.25) is 0 Å². The van der Waals surface area contributed by atoms with Crippen molar-refractivity contribution in [3.63, 3.8) is 0 Å². The zero-order chi connectivity index (χ0) is 29.9. The van der Waals surface area contributed by atoms with Gasteiger partial charge in [0, 0.05) is 58.2 Å². The van der Waals surface area contributed by atoms with E-state index in [9.17, 15) is 8.42 Å². The minimum absolute atomic E-state index is 0.189. The molecule has 3 aromatic rings. The van der Waals surface area contributed by atoms with Crippen molar-refractivity contribution < 1.29 is 30.7 Å². The molecule has 41 heavy (non-hydrogen) atoms. The lowest BCUT2D eigenvalue weighted by atomic mass is 10.2. The van der Waals surface area contributed by atoms with E-state index in [0.29, 0.717) is 76.3 Å². The second-order valence-electron chi connectivity index (χ2n) is 9.99. The number of nitrogens with zero attached hydrogens (tertiary/aromatic N) is 9. The number of aromatic nitrogens is 6. The Hall–Kier alpha value is -3.23. The van der Waals surface area contributed by atoms with Gasteiger partial charge in [0.15, 0.2) is 22.8 Å². The van der Waals surface area contributed by atoms with Gasteiger partial charge >= 0.3 is 10.4 Å². The second-order valence-corrected chi connectivity index (χ2v) is 12.9. The van der Waals surface area contributed by atoms with Gasteiger partial charge in [-0.25, -0.2) is 33.3 Å². The Morgan fingerprint density at radius 2 is 1.51 bits per heavy atom. The predicted molar refractivity (Wildman–Crippen MR) is 151 cm³/mol. The normalized spacial score (nSPS) is 17.1. The molecule has 4 N–H and O–H groups in total. The minimum atomic E-state index is -4.67. The van der Waals surface area contributed by atoms with Gasteiger partial charge in [0.25, 0.3) is 0 Å². The average Bonchev–Trinajstić information content (AvgIpc) is 3.25. The number of piperazine rings is 1. The van der Waals surface area contributed by atoms with Gasteiger partial charge in [0.05, 0.1) is 25.0 Å². The lowest BCUT2D eigenvalue weighted by Crippen LogP contribution is -2.49. The van der Waals surface area contributed by atoms with E-state index < -0.39 is 20.4 Å².